The Morgan fingerprint density at radius 1 is 0.421 bits per heavy atom. The summed E-state index contributed by atoms with van der Waals surface area (Å²) in [4.78, 5) is 12.2. The quantitative estimate of drug-likeness (QED) is 0.164. The fraction of sp³-hybridized carbons (Fsp3) is 0. The number of hydrogen-bond acceptors (Lipinski definition) is 4. The number of fused-ring (bicyclic) bond motifs is 6. The highest BCUT2D eigenvalue weighted by atomic mass is 16.3. The molecule has 0 aliphatic carbocycles. The van der Waals surface area contributed by atoms with Crippen LogP contribution in [0.15, 0.2) is 211 Å². The SMILES string of the molecule is c1ccc(-c2ccc(N(c3ccc(-c4ccccc4)cc3)c3cc(-c4nc5c(ccc6cccnc65)o4)cc(-n4c5ccccc5c5ccccc54)c3)cc2)cc1. The third kappa shape index (κ3) is 5.72. The van der Waals surface area contributed by atoms with E-state index < -0.39 is 0 Å². The average molecular weight is 731 g/mol. The molecule has 5 heteroatoms. The van der Waals surface area contributed by atoms with Crippen molar-refractivity contribution in [3.05, 3.63) is 206 Å². The van der Waals surface area contributed by atoms with Gasteiger partial charge in [0, 0.05) is 50.7 Å². The van der Waals surface area contributed by atoms with Gasteiger partial charge in [-0.3, -0.25) is 4.98 Å². The lowest BCUT2D eigenvalue weighted by Crippen LogP contribution is -2.11. The third-order valence-electron chi connectivity index (χ3n) is 10.8. The highest BCUT2D eigenvalue weighted by molar-refractivity contribution is 6.09. The first-order chi connectivity index (χ1) is 28.2. The van der Waals surface area contributed by atoms with E-state index in [1.54, 1.807) is 6.20 Å². The van der Waals surface area contributed by atoms with Gasteiger partial charge in [-0.25, -0.2) is 4.98 Å². The van der Waals surface area contributed by atoms with Crippen molar-refractivity contribution in [1.82, 2.24) is 14.5 Å². The third-order valence-corrected chi connectivity index (χ3v) is 10.8. The summed E-state index contributed by atoms with van der Waals surface area (Å²) >= 11 is 0. The summed E-state index contributed by atoms with van der Waals surface area (Å²) in [6, 6.07) is 70.6. The van der Waals surface area contributed by atoms with Gasteiger partial charge in [0.05, 0.1) is 16.6 Å². The highest BCUT2D eigenvalue weighted by Crippen LogP contribution is 2.42. The van der Waals surface area contributed by atoms with Crippen LogP contribution in [-0.4, -0.2) is 14.5 Å². The molecular formula is C52H34N4O. The van der Waals surface area contributed by atoms with Crippen LogP contribution >= 0.6 is 0 Å². The van der Waals surface area contributed by atoms with Crippen molar-refractivity contribution in [3.8, 4) is 39.4 Å². The Labute approximate surface area is 329 Å². The highest BCUT2D eigenvalue weighted by Gasteiger charge is 2.21. The van der Waals surface area contributed by atoms with Crippen LogP contribution in [0, 0.1) is 0 Å². The van der Waals surface area contributed by atoms with Crippen LogP contribution in [0.2, 0.25) is 0 Å². The van der Waals surface area contributed by atoms with Crippen LogP contribution < -0.4 is 4.90 Å². The Bertz CT molecular complexity index is 3080. The van der Waals surface area contributed by atoms with Crippen molar-refractivity contribution in [2.45, 2.75) is 0 Å². The van der Waals surface area contributed by atoms with E-state index in [2.05, 4.69) is 191 Å². The molecule has 3 aromatic heterocycles. The molecule has 0 unspecified atom stereocenters. The van der Waals surface area contributed by atoms with Gasteiger partial charge in [0.1, 0.15) is 5.52 Å². The van der Waals surface area contributed by atoms with Gasteiger partial charge in [-0.05, 0) is 95.1 Å². The predicted molar refractivity (Wildman–Crippen MR) is 235 cm³/mol. The molecule has 57 heavy (non-hydrogen) atoms. The van der Waals surface area contributed by atoms with Gasteiger partial charge in [0.25, 0.3) is 0 Å². The van der Waals surface area contributed by atoms with E-state index in [0.29, 0.717) is 11.5 Å². The number of benzene rings is 8. The maximum atomic E-state index is 6.61. The number of para-hydroxylation sites is 2. The molecule has 0 N–H and O–H groups in total. The van der Waals surface area contributed by atoms with Gasteiger partial charge in [0.15, 0.2) is 5.58 Å². The molecule has 0 atom stereocenters. The van der Waals surface area contributed by atoms with Crippen LogP contribution in [0.3, 0.4) is 0 Å². The smallest absolute Gasteiger partial charge is 0.227 e. The minimum Gasteiger partial charge on any atom is -0.436 e. The Hall–Kier alpha value is -7.76. The monoisotopic (exact) mass is 730 g/mol. The van der Waals surface area contributed by atoms with Gasteiger partial charge in [-0.1, -0.05) is 127 Å². The van der Waals surface area contributed by atoms with Crippen molar-refractivity contribution in [2.75, 3.05) is 4.90 Å². The number of pyridine rings is 1. The van der Waals surface area contributed by atoms with E-state index in [1.807, 2.05) is 18.2 Å². The Morgan fingerprint density at radius 2 is 0.982 bits per heavy atom. The molecule has 0 aliphatic rings. The zero-order chi connectivity index (χ0) is 37.7. The fourth-order valence-electron chi connectivity index (χ4n) is 8.15. The zero-order valence-corrected chi connectivity index (χ0v) is 30.8. The number of nitrogens with zero attached hydrogens (tertiary/aromatic N) is 4. The lowest BCUT2D eigenvalue weighted by molar-refractivity contribution is 0.620. The van der Waals surface area contributed by atoms with Gasteiger partial charge in [-0.2, -0.15) is 0 Å². The summed E-state index contributed by atoms with van der Waals surface area (Å²) in [5, 5.41) is 3.42. The molecule has 11 aromatic rings. The molecule has 0 saturated carbocycles. The molecule has 268 valence electrons. The Balaban J connectivity index is 1.16. The van der Waals surface area contributed by atoms with E-state index in [1.165, 1.54) is 21.9 Å². The molecule has 0 bridgehead atoms. The van der Waals surface area contributed by atoms with Crippen molar-refractivity contribution < 1.29 is 4.42 Å². The van der Waals surface area contributed by atoms with Crippen LogP contribution in [0.5, 0.6) is 0 Å². The number of oxazole rings is 1. The molecule has 0 radical (unpaired) electrons. The number of aromatic nitrogens is 3. The topological polar surface area (TPSA) is 47.1 Å². The first-order valence-electron chi connectivity index (χ1n) is 19.1. The van der Waals surface area contributed by atoms with E-state index in [0.717, 1.165) is 66.9 Å². The molecule has 0 saturated heterocycles. The predicted octanol–water partition coefficient (Wildman–Crippen LogP) is 13.9. The molecule has 0 fully saturated rings. The molecular weight excluding hydrogens is 697 g/mol. The molecule has 0 spiro atoms. The van der Waals surface area contributed by atoms with Crippen molar-refractivity contribution in [2.24, 2.45) is 0 Å². The van der Waals surface area contributed by atoms with Gasteiger partial charge in [-0.15, -0.1) is 0 Å². The summed E-state index contributed by atoms with van der Waals surface area (Å²) in [7, 11) is 0. The van der Waals surface area contributed by atoms with Crippen molar-refractivity contribution >= 4 is 60.9 Å². The van der Waals surface area contributed by atoms with E-state index in [4.69, 9.17) is 14.4 Å². The Morgan fingerprint density at radius 3 is 1.60 bits per heavy atom. The maximum absolute atomic E-state index is 6.61. The summed E-state index contributed by atoms with van der Waals surface area (Å²) in [6.07, 6.45) is 1.81. The minimum absolute atomic E-state index is 0.533. The lowest BCUT2D eigenvalue weighted by Gasteiger charge is -2.27. The van der Waals surface area contributed by atoms with Gasteiger partial charge in [0.2, 0.25) is 5.89 Å². The summed E-state index contributed by atoms with van der Waals surface area (Å²) in [6.45, 7) is 0. The second kappa shape index (κ2) is 13.5. The minimum atomic E-state index is 0.533. The van der Waals surface area contributed by atoms with Crippen molar-refractivity contribution in [3.63, 3.8) is 0 Å². The van der Waals surface area contributed by atoms with Crippen molar-refractivity contribution in [1.29, 1.82) is 0 Å². The van der Waals surface area contributed by atoms with Crippen LogP contribution in [0.25, 0.3) is 83.2 Å². The molecule has 0 aliphatic heterocycles. The molecule has 11 rings (SSSR count). The first kappa shape index (κ1) is 32.7. The second-order valence-electron chi connectivity index (χ2n) is 14.3. The average Bonchev–Trinajstić information content (AvgIpc) is 3.88. The largest absolute Gasteiger partial charge is 0.436 e. The first-order valence-corrected chi connectivity index (χ1v) is 19.1. The second-order valence-corrected chi connectivity index (χ2v) is 14.3. The normalized spacial score (nSPS) is 11.5. The standard InChI is InChI=1S/C52H34N4O/c1-3-12-35(13-4-1)37-21-26-41(27-22-37)55(42-28-23-38(24-29-42)36-14-5-2-6-15-36)43-32-40(52-54-51-49(57-52)30-25-39-16-11-31-53-50(39)51)33-44(34-43)56-47-19-9-7-17-45(47)46-18-8-10-20-48(46)56/h1-34H. The van der Waals surface area contributed by atoms with Crippen LogP contribution in [-0.2, 0) is 0 Å². The van der Waals surface area contributed by atoms with Gasteiger partial charge < -0.3 is 13.9 Å². The molecule has 8 aromatic carbocycles. The number of hydrogen-bond donors (Lipinski definition) is 0. The number of rotatable bonds is 7. The summed E-state index contributed by atoms with van der Waals surface area (Å²) < 4.78 is 8.96. The molecule has 0 amide bonds. The maximum Gasteiger partial charge on any atom is 0.227 e. The number of anilines is 3. The van der Waals surface area contributed by atoms with E-state index in [9.17, 15) is 0 Å². The van der Waals surface area contributed by atoms with Gasteiger partial charge >= 0.3 is 0 Å². The fourth-order valence-corrected chi connectivity index (χ4v) is 8.15. The Kier molecular flexibility index (Phi) is 7.74. The zero-order valence-electron chi connectivity index (χ0n) is 30.8. The lowest BCUT2D eigenvalue weighted by atomic mass is 10.0. The van der Waals surface area contributed by atoms with Crippen LogP contribution in [0.1, 0.15) is 0 Å². The molecule has 5 nitrogen and oxygen atoms in total. The van der Waals surface area contributed by atoms with E-state index in [-0.39, 0.29) is 0 Å². The summed E-state index contributed by atoms with van der Waals surface area (Å²) in [5.41, 5.74) is 14.1. The van der Waals surface area contributed by atoms with E-state index >= 15 is 0 Å². The summed E-state index contributed by atoms with van der Waals surface area (Å²) in [5.74, 6) is 0.533. The molecule has 3 heterocycles. The van der Waals surface area contributed by atoms with Crippen LogP contribution in [0.4, 0.5) is 17.1 Å².